The first kappa shape index (κ1) is 10.5. The lowest BCUT2D eigenvalue weighted by molar-refractivity contribution is 1.24. The van der Waals surface area contributed by atoms with Crippen LogP contribution in [-0.2, 0) is 0 Å². The zero-order chi connectivity index (χ0) is 10.1. The van der Waals surface area contributed by atoms with Gasteiger partial charge in [-0.15, -0.1) is 34.3 Å². The second kappa shape index (κ2) is 4.23. The van der Waals surface area contributed by atoms with E-state index in [1.165, 1.54) is 4.88 Å². The van der Waals surface area contributed by atoms with Crippen LogP contribution in [0, 0.1) is 6.92 Å². The van der Waals surface area contributed by atoms with Crippen molar-refractivity contribution in [1.82, 2.24) is 0 Å². The summed E-state index contributed by atoms with van der Waals surface area (Å²) >= 11 is 15.7. The largest absolute Gasteiger partial charge is 0.145 e. The molecule has 0 radical (unpaired) electrons. The van der Waals surface area contributed by atoms with Gasteiger partial charge >= 0.3 is 0 Å². The third-order valence-corrected chi connectivity index (χ3v) is 5.09. The number of rotatable bonds is 2. The van der Waals surface area contributed by atoms with Gasteiger partial charge in [0.2, 0.25) is 0 Å². The van der Waals surface area contributed by atoms with Crippen molar-refractivity contribution in [2.45, 2.75) is 12.3 Å². The maximum Gasteiger partial charge on any atom is 0.103 e. The number of hydrogen-bond acceptors (Lipinski definition) is 2. The highest BCUT2D eigenvalue weighted by Gasteiger charge is 2.16. The number of thiophene rings is 2. The van der Waals surface area contributed by atoms with Crippen molar-refractivity contribution in [3.63, 3.8) is 0 Å². The number of alkyl halides is 1. The quantitative estimate of drug-likeness (QED) is 0.661. The van der Waals surface area contributed by atoms with Gasteiger partial charge in [0.05, 0.1) is 5.02 Å². The molecule has 0 saturated heterocycles. The summed E-state index contributed by atoms with van der Waals surface area (Å²) in [5, 5.41) is 2.63. The van der Waals surface area contributed by atoms with Gasteiger partial charge in [-0.05, 0) is 30.5 Å². The van der Waals surface area contributed by atoms with Crippen LogP contribution in [0.2, 0.25) is 5.02 Å². The number of halogens is 2. The molecule has 1 atom stereocenters. The predicted molar refractivity (Wildman–Crippen MR) is 66.1 cm³/mol. The van der Waals surface area contributed by atoms with E-state index in [0.29, 0.717) is 0 Å². The van der Waals surface area contributed by atoms with Crippen molar-refractivity contribution in [3.8, 4) is 0 Å². The molecule has 2 aromatic rings. The molecule has 2 aromatic heterocycles. The van der Waals surface area contributed by atoms with Gasteiger partial charge in [0.1, 0.15) is 5.38 Å². The molecule has 2 heterocycles. The highest BCUT2D eigenvalue weighted by atomic mass is 35.5. The summed E-state index contributed by atoms with van der Waals surface area (Å²) in [6.45, 7) is 2.08. The Labute approximate surface area is 101 Å². The molecule has 0 spiro atoms. The highest BCUT2D eigenvalue weighted by molar-refractivity contribution is 7.13. The Hall–Kier alpha value is -0.0200. The standard InChI is InChI=1S/C10H8Cl2S2/c1-6-2-3-8(14-6)9(12)10-7(11)4-5-13-10/h2-5,9H,1H3. The maximum absolute atomic E-state index is 6.33. The van der Waals surface area contributed by atoms with E-state index in [9.17, 15) is 0 Å². The molecule has 74 valence electrons. The van der Waals surface area contributed by atoms with Gasteiger partial charge in [0.15, 0.2) is 0 Å². The smallest absolute Gasteiger partial charge is 0.103 e. The molecular weight excluding hydrogens is 255 g/mol. The first-order chi connectivity index (χ1) is 6.68. The van der Waals surface area contributed by atoms with Crippen molar-refractivity contribution < 1.29 is 0 Å². The summed E-state index contributed by atoms with van der Waals surface area (Å²) in [4.78, 5) is 3.47. The molecule has 0 aliphatic heterocycles. The van der Waals surface area contributed by atoms with Crippen LogP contribution < -0.4 is 0 Å². The second-order valence-electron chi connectivity index (χ2n) is 2.94. The SMILES string of the molecule is Cc1ccc(C(Cl)c2sccc2Cl)s1. The van der Waals surface area contributed by atoms with Gasteiger partial charge in [-0.25, -0.2) is 0 Å². The fourth-order valence-corrected chi connectivity index (χ4v) is 3.84. The summed E-state index contributed by atoms with van der Waals surface area (Å²) < 4.78 is 0. The average Bonchev–Trinajstić information content (AvgIpc) is 2.73. The van der Waals surface area contributed by atoms with Crippen LogP contribution in [0.3, 0.4) is 0 Å². The summed E-state index contributed by atoms with van der Waals surface area (Å²) in [7, 11) is 0. The van der Waals surface area contributed by atoms with Crippen molar-refractivity contribution >= 4 is 45.9 Å². The molecule has 0 aliphatic carbocycles. The molecule has 0 bridgehead atoms. The molecule has 0 saturated carbocycles. The average molecular weight is 263 g/mol. The Bertz CT molecular complexity index is 431. The maximum atomic E-state index is 6.33. The third kappa shape index (κ3) is 1.98. The van der Waals surface area contributed by atoms with E-state index >= 15 is 0 Å². The minimum atomic E-state index is -0.0961. The Morgan fingerprint density at radius 1 is 1.29 bits per heavy atom. The molecule has 0 N–H and O–H groups in total. The van der Waals surface area contributed by atoms with Crippen molar-refractivity contribution in [1.29, 1.82) is 0 Å². The fraction of sp³-hybridized carbons (Fsp3) is 0.200. The van der Waals surface area contributed by atoms with E-state index in [-0.39, 0.29) is 5.38 Å². The summed E-state index contributed by atoms with van der Waals surface area (Å²) in [6, 6.07) is 6.03. The third-order valence-electron chi connectivity index (χ3n) is 1.89. The van der Waals surface area contributed by atoms with E-state index in [2.05, 4.69) is 19.1 Å². The van der Waals surface area contributed by atoms with Gasteiger partial charge < -0.3 is 0 Å². The van der Waals surface area contributed by atoms with Gasteiger partial charge in [-0.1, -0.05) is 11.6 Å². The van der Waals surface area contributed by atoms with Crippen LogP contribution in [-0.4, -0.2) is 0 Å². The van der Waals surface area contributed by atoms with Gasteiger partial charge in [0.25, 0.3) is 0 Å². The summed E-state index contributed by atoms with van der Waals surface area (Å²) in [5.74, 6) is 0. The van der Waals surface area contributed by atoms with Crippen LogP contribution in [0.4, 0.5) is 0 Å². The van der Waals surface area contributed by atoms with Crippen LogP contribution in [0.25, 0.3) is 0 Å². The molecule has 14 heavy (non-hydrogen) atoms. The zero-order valence-electron chi connectivity index (χ0n) is 7.46. The van der Waals surface area contributed by atoms with Crippen LogP contribution in [0.5, 0.6) is 0 Å². The monoisotopic (exact) mass is 262 g/mol. The topological polar surface area (TPSA) is 0 Å². The van der Waals surface area contributed by atoms with E-state index in [1.54, 1.807) is 22.7 Å². The van der Waals surface area contributed by atoms with E-state index < -0.39 is 0 Å². The normalized spacial score (nSPS) is 13.1. The highest BCUT2D eigenvalue weighted by Crippen LogP contribution is 2.39. The predicted octanol–water partition coefficient (Wildman–Crippen LogP) is 5.10. The number of aryl methyl sites for hydroxylation is 1. The van der Waals surface area contributed by atoms with E-state index in [0.717, 1.165) is 14.8 Å². The second-order valence-corrected chi connectivity index (χ2v) is 6.05. The Kier molecular flexibility index (Phi) is 3.17. The molecule has 0 amide bonds. The van der Waals surface area contributed by atoms with Gasteiger partial charge in [-0.3, -0.25) is 0 Å². The van der Waals surface area contributed by atoms with E-state index in [4.69, 9.17) is 23.2 Å². The first-order valence-corrected chi connectivity index (χ1v) is 6.63. The molecular formula is C10H8Cl2S2. The Balaban J connectivity index is 2.33. The molecule has 0 nitrogen and oxygen atoms in total. The first-order valence-electron chi connectivity index (χ1n) is 4.12. The summed E-state index contributed by atoms with van der Waals surface area (Å²) in [5.41, 5.74) is 0. The molecule has 0 aromatic carbocycles. The summed E-state index contributed by atoms with van der Waals surface area (Å²) in [6.07, 6.45) is 0. The molecule has 1 unspecified atom stereocenters. The molecule has 0 aliphatic rings. The lowest BCUT2D eigenvalue weighted by atomic mass is 10.3. The lowest BCUT2D eigenvalue weighted by Crippen LogP contribution is -1.85. The van der Waals surface area contributed by atoms with Crippen LogP contribution >= 0.6 is 45.9 Å². The molecule has 0 fully saturated rings. The van der Waals surface area contributed by atoms with Gasteiger partial charge in [-0.2, -0.15) is 0 Å². The minimum Gasteiger partial charge on any atom is -0.145 e. The number of hydrogen-bond donors (Lipinski definition) is 0. The van der Waals surface area contributed by atoms with Crippen molar-refractivity contribution in [2.24, 2.45) is 0 Å². The molecule has 4 heteroatoms. The Morgan fingerprint density at radius 3 is 2.57 bits per heavy atom. The van der Waals surface area contributed by atoms with Crippen molar-refractivity contribution in [2.75, 3.05) is 0 Å². The fourth-order valence-electron chi connectivity index (χ4n) is 1.21. The van der Waals surface area contributed by atoms with Crippen LogP contribution in [0.1, 0.15) is 20.0 Å². The van der Waals surface area contributed by atoms with Crippen molar-refractivity contribution in [3.05, 3.63) is 43.2 Å². The van der Waals surface area contributed by atoms with E-state index in [1.807, 2.05) is 11.4 Å². The van der Waals surface area contributed by atoms with Crippen LogP contribution in [0.15, 0.2) is 23.6 Å². The Morgan fingerprint density at radius 2 is 2.07 bits per heavy atom. The molecule has 2 rings (SSSR count). The lowest BCUT2D eigenvalue weighted by Gasteiger charge is -2.04. The van der Waals surface area contributed by atoms with Gasteiger partial charge in [0, 0.05) is 14.6 Å². The zero-order valence-corrected chi connectivity index (χ0v) is 10.6. The minimum absolute atomic E-state index is 0.0961.